The summed E-state index contributed by atoms with van der Waals surface area (Å²) in [6, 6.07) is -1.35. The van der Waals surface area contributed by atoms with Crippen molar-refractivity contribution in [2.45, 2.75) is 39.2 Å². The number of hydrogen-bond donors (Lipinski definition) is 3. The minimum Gasteiger partial charge on any atom is -0.480 e. The number of piperidine rings is 1. The Morgan fingerprint density at radius 1 is 1.33 bits per heavy atom. The number of carboxylic acids is 1. The topological polar surface area (TPSA) is 130 Å². The van der Waals surface area contributed by atoms with Crippen LogP contribution in [0.4, 0.5) is 0 Å². The van der Waals surface area contributed by atoms with Crippen LogP contribution in [-0.4, -0.2) is 48.8 Å². The van der Waals surface area contributed by atoms with Crippen molar-refractivity contribution < 1.29 is 23.1 Å². The van der Waals surface area contributed by atoms with Gasteiger partial charge in [-0.3, -0.25) is 9.59 Å². The van der Waals surface area contributed by atoms with Crippen LogP contribution in [0.25, 0.3) is 0 Å². The number of rotatable bonds is 7. The van der Waals surface area contributed by atoms with Gasteiger partial charge in [0.05, 0.1) is 0 Å². The molecule has 0 aliphatic carbocycles. The smallest absolute Gasteiger partial charge is 0.321 e. The van der Waals surface area contributed by atoms with E-state index in [1.165, 1.54) is 4.31 Å². The fourth-order valence-electron chi connectivity index (χ4n) is 2.58. The number of primary amides is 1. The number of nitrogens with one attached hydrogen (secondary N) is 1. The zero-order chi connectivity index (χ0) is 16.2. The molecule has 3 atom stereocenters. The van der Waals surface area contributed by atoms with Crippen LogP contribution in [0.1, 0.15) is 33.1 Å². The molecule has 1 aliphatic rings. The monoisotopic (exact) mass is 321 g/mol. The highest BCUT2D eigenvalue weighted by Crippen LogP contribution is 2.22. The molecule has 0 radical (unpaired) electrons. The van der Waals surface area contributed by atoms with Crippen molar-refractivity contribution >= 4 is 22.1 Å². The molecule has 0 bridgehead atoms. The molecule has 1 saturated heterocycles. The quantitative estimate of drug-likeness (QED) is 0.583. The molecular weight excluding hydrogens is 298 g/mol. The van der Waals surface area contributed by atoms with E-state index in [-0.39, 0.29) is 24.7 Å². The van der Waals surface area contributed by atoms with E-state index in [9.17, 15) is 18.0 Å². The van der Waals surface area contributed by atoms with Gasteiger partial charge in [0.1, 0.15) is 6.04 Å². The van der Waals surface area contributed by atoms with Crippen molar-refractivity contribution in [2.75, 3.05) is 13.1 Å². The van der Waals surface area contributed by atoms with Gasteiger partial charge >= 0.3 is 5.97 Å². The van der Waals surface area contributed by atoms with Crippen molar-refractivity contribution in [3.63, 3.8) is 0 Å². The lowest BCUT2D eigenvalue weighted by Crippen LogP contribution is -2.52. The van der Waals surface area contributed by atoms with Crippen molar-refractivity contribution in [2.24, 2.45) is 17.6 Å². The van der Waals surface area contributed by atoms with E-state index >= 15 is 0 Å². The molecule has 9 heteroatoms. The molecule has 1 heterocycles. The Bertz CT molecular complexity index is 483. The van der Waals surface area contributed by atoms with Crippen LogP contribution < -0.4 is 10.5 Å². The molecule has 1 rings (SSSR count). The summed E-state index contributed by atoms with van der Waals surface area (Å²) >= 11 is 0. The second kappa shape index (κ2) is 7.19. The first-order chi connectivity index (χ1) is 9.61. The molecule has 0 saturated carbocycles. The summed E-state index contributed by atoms with van der Waals surface area (Å²) in [7, 11) is -3.89. The normalized spacial score (nSPS) is 25.4. The van der Waals surface area contributed by atoms with E-state index in [2.05, 4.69) is 4.72 Å². The minimum atomic E-state index is -3.89. The third-order valence-corrected chi connectivity index (χ3v) is 5.00. The number of amides is 1. The van der Waals surface area contributed by atoms with Crippen LogP contribution in [0.5, 0.6) is 0 Å². The van der Waals surface area contributed by atoms with Gasteiger partial charge in [0.15, 0.2) is 0 Å². The van der Waals surface area contributed by atoms with Gasteiger partial charge < -0.3 is 10.8 Å². The number of carboxylic acid groups (broad SMARTS) is 1. The maximum absolute atomic E-state index is 12.3. The van der Waals surface area contributed by atoms with Crippen LogP contribution >= 0.6 is 0 Å². The molecule has 1 fully saturated rings. The fourth-order valence-corrected chi connectivity index (χ4v) is 4.20. The largest absolute Gasteiger partial charge is 0.480 e. The molecule has 8 nitrogen and oxygen atoms in total. The second-order valence-corrected chi connectivity index (χ2v) is 7.48. The van der Waals surface area contributed by atoms with E-state index in [1.54, 1.807) is 0 Å². The van der Waals surface area contributed by atoms with E-state index in [0.29, 0.717) is 13.1 Å². The number of nitrogens with zero attached hydrogens (tertiary/aromatic N) is 1. The van der Waals surface area contributed by atoms with Gasteiger partial charge in [-0.1, -0.05) is 13.8 Å². The fraction of sp³-hybridized carbons (Fsp3) is 0.833. The molecule has 1 amide bonds. The zero-order valence-corrected chi connectivity index (χ0v) is 13.1. The van der Waals surface area contributed by atoms with E-state index in [1.807, 2.05) is 13.8 Å². The molecule has 0 spiro atoms. The highest BCUT2D eigenvalue weighted by Gasteiger charge is 2.33. The van der Waals surface area contributed by atoms with Gasteiger partial charge in [0.25, 0.3) is 10.2 Å². The zero-order valence-electron chi connectivity index (χ0n) is 12.3. The first-order valence-electron chi connectivity index (χ1n) is 6.90. The van der Waals surface area contributed by atoms with Crippen molar-refractivity contribution in [3.05, 3.63) is 0 Å². The second-order valence-electron chi connectivity index (χ2n) is 5.78. The molecule has 0 aromatic carbocycles. The Morgan fingerprint density at radius 3 is 2.29 bits per heavy atom. The van der Waals surface area contributed by atoms with Crippen molar-refractivity contribution in [1.29, 1.82) is 0 Å². The summed E-state index contributed by atoms with van der Waals surface area (Å²) in [4.78, 5) is 21.8. The minimum absolute atomic E-state index is 0.164. The molecular formula is C12H23N3O5S. The Hall–Kier alpha value is -1.19. The highest BCUT2D eigenvalue weighted by atomic mass is 32.2. The standard InChI is InChI=1S/C12H23N3O5S/c1-8-5-9(2)7-15(6-8)21(19,20)14-10(12(17)18)3-4-11(13)16/h8-10,14H,3-7H2,1-2H3,(H2,13,16)(H,17,18)/t8?,9?,10-/m1/s1. The van der Waals surface area contributed by atoms with Gasteiger partial charge in [-0.2, -0.15) is 17.4 Å². The van der Waals surface area contributed by atoms with E-state index < -0.39 is 28.1 Å². The summed E-state index contributed by atoms with van der Waals surface area (Å²) < 4.78 is 28.0. The Balaban J connectivity index is 2.76. The predicted molar refractivity (Wildman–Crippen MR) is 76.4 cm³/mol. The number of hydrogen-bond acceptors (Lipinski definition) is 4. The average molecular weight is 321 g/mol. The van der Waals surface area contributed by atoms with Gasteiger partial charge in [0.2, 0.25) is 5.91 Å². The highest BCUT2D eigenvalue weighted by molar-refractivity contribution is 7.87. The number of aliphatic carboxylic acids is 1. The first-order valence-corrected chi connectivity index (χ1v) is 8.34. The summed E-state index contributed by atoms with van der Waals surface area (Å²) in [6.07, 6.45) is 0.588. The van der Waals surface area contributed by atoms with E-state index in [0.717, 1.165) is 6.42 Å². The Labute approximate surface area is 124 Å². The molecule has 1 aliphatic heterocycles. The maximum Gasteiger partial charge on any atom is 0.321 e. The molecule has 122 valence electrons. The SMILES string of the molecule is CC1CC(C)CN(S(=O)(=O)N[C@H](CCC(N)=O)C(=O)O)C1. The van der Waals surface area contributed by atoms with Gasteiger partial charge in [-0.15, -0.1) is 0 Å². The summed E-state index contributed by atoms with van der Waals surface area (Å²) in [5, 5.41) is 9.05. The maximum atomic E-state index is 12.3. The van der Waals surface area contributed by atoms with Crippen molar-refractivity contribution in [3.8, 4) is 0 Å². The number of nitrogens with two attached hydrogens (primary N) is 1. The molecule has 0 aromatic heterocycles. The van der Waals surface area contributed by atoms with Crippen LogP contribution in [0.3, 0.4) is 0 Å². The lowest BCUT2D eigenvalue weighted by molar-refractivity contribution is -0.139. The third kappa shape index (κ3) is 5.60. The number of carbonyl (C=O) groups is 2. The molecule has 2 unspecified atom stereocenters. The van der Waals surface area contributed by atoms with Crippen LogP contribution in [0, 0.1) is 11.8 Å². The Kier molecular flexibility index (Phi) is 6.11. The van der Waals surface area contributed by atoms with Crippen molar-refractivity contribution in [1.82, 2.24) is 9.03 Å². The van der Waals surface area contributed by atoms with Crippen LogP contribution in [0.15, 0.2) is 0 Å². The van der Waals surface area contributed by atoms with Gasteiger partial charge in [0, 0.05) is 19.5 Å². The Morgan fingerprint density at radius 2 is 1.86 bits per heavy atom. The molecule has 0 aromatic rings. The van der Waals surface area contributed by atoms with Crippen LogP contribution in [-0.2, 0) is 19.8 Å². The summed E-state index contributed by atoms with van der Waals surface area (Å²) in [5.41, 5.74) is 4.96. The van der Waals surface area contributed by atoms with Gasteiger partial charge in [-0.25, -0.2) is 0 Å². The molecule has 21 heavy (non-hydrogen) atoms. The third-order valence-electron chi connectivity index (χ3n) is 3.44. The summed E-state index contributed by atoms with van der Waals surface area (Å²) in [5.74, 6) is -1.54. The first kappa shape index (κ1) is 17.9. The predicted octanol–water partition coefficient (Wildman–Crippen LogP) is -0.483. The van der Waals surface area contributed by atoms with E-state index in [4.69, 9.17) is 10.8 Å². The van der Waals surface area contributed by atoms with Gasteiger partial charge in [-0.05, 0) is 24.7 Å². The lowest BCUT2D eigenvalue weighted by atomic mass is 9.94. The molecule has 4 N–H and O–H groups in total. The summed E-state index contributed by atoms with van der Waals surface area (Å²) in [6.45, 7) is 4.64. The lowest BCUT2D eigenvalue weighted by Gasteiger charge is -2.34. The number of carbonyl (C=O) groups excluding carboxylic acids is 1. The average Bonchev–Trinajstić information content (AvgIpc) is 2.32. The van der Waals surface area contributed by atoms with Crippen LogP contribution in [0.2, 0.25) is 0 Å².